The van der Waals surface area contributed by atoms with E-state index in [-0.39, 0.29) is 10.9 Å². The van der Waals surface area contributed by atoms with Gasteiger partial charge in [0.15, 0.2) is 0 Å². The number of hydrogen-bond donors (Lipinski definition) is 2. The zero-order valence-electron chi connectivity index (χ0n) is 11.2. The number of fused-ring (bicyclic) bond motifs is 1. The third-order valence-electron chi connectivity index (χ3n) is 3.69. The van der Waals surface area contributed by atoms with Crippen molar-refractivity contribution in [1.29, 1.82) is 0 Å². The summed E-state index contributed by atoms with van der Waals surface area (Å²) >= 11 is 5.68. The van der Waals surface area contributed by atoms with E-state index in [1.54, 1.807) is 6.07 Å². The van der Waals surface area contributed by atoms with Crippen LogP contribution in [0.25, 0.3) is 0 Å². The third kappa shape index (κ3) is 2.77. The molecule has 1 unspecified atom stereocenters. The van der Waals surface area contributed by atoms with Crippen LogP contribution < -0.4 is 11.1 Å². The summed E-state index contributed by atoms with van der Waals surface area (Å²) in [6, 6.07) is 9.80. The maximum atomic E-state index is 13.5. The first-order chi connectivity index (χ1) is 10.0. The van der Waals surface area contributed by atoms with Gasteiger partial charge in [0, 0.05) is 12.1 Å². The molecule has 1 atom stereocenters. The molecule has 2 aromatic rings. The fourth-order valence-electron chi connectivity index (χ4n) is 2.50. The van der Waals surface area contributed by atoms with Crippen LogP contribution in [-0.2, 0) is 11.2 Å². The van der Waals surface area contributed by atoms with Crippen molar-refractivity contribution in [3.63, 3.8) is 0 Å². The van der Waals surface area contributed by atoms with Gasteiger partial charge in [0.05, 0.1) is 11.1 Å². The summed E-state index contributed by atoms with van der Waals surface area (Å²) in [7, 11) is 0. The normalized spacial score (nSPS) is 15.3. The van der Waals surface area contributed by atoms with Gasteiger partial charge in [0.2, 0.25) is 5.91 Å². The molecule has 0 aromatic heterocycles. The lowest BCUT2D eigenvalue weighted by Gasteiger charge is -2.20. The summed E-state index contributed by atoms with van der Waals surface area (Å²) in [6.07, 6.45) is 1.16. The Morgan fingerprint density at radius 2 is 1.86 bits per heavy atom. The molecule has 3 rings (SSSR count). The smallest absolute Gasteiger partial charge is 0.224 e. The second kappa shape index (κ2) is 5.47. The number of nitrogens with two attached hydrogens (primary N) is 1. The second-order valence-corrected chi connectivity index (χ2v) is 5.52. The molecule has 0 fully saturated rings. The monoisotopic (exact) mass is 304 g/mol. The lowest BCUT2D eigenvalue weighted by Crippen LogP contribution is -2.20. The highest BCUT2D eigenvalue weighted by atomic mass is 35.5. The van der Waals surface area contributed by atoms with E-state index in [1.807, 2.05) is 18.2 Å². The first-order valence-corrected chi connectivity index (χ1v) is 7.05. The van der Waals surface area contributed by atoms with E-state index < -0.39 is 11.9 Å². The predicted molar refractivity (Wildman–Crippen MR) is 80.8 cm³/mol. The first-order valence-electron chi connectivity index (χ1n) is 6.68. The Morgan fingerprint density at radius 1 is 1.14 bits per heavy atom. The van der Waals surface area contributed by atoms with Gasteiger partial charge in [0.1, 0.15) is 5.82 Å². The van der Waals surface area contributed by atoms with Crippen LogP contribution in [0.4, 0.5) is 10.1 Å². The highest BCUT2D eigenvalue weighted by Gasteiger charge is 2.17. The molecule has 3 N–H and O–H groups in total. The van der Waals surface area contributed by atoms with E-state index in [2.05, 4.69) is 5.32 Å². The van der Waals surface area contributed by atoms with Crippen molar-refractivity contribution in [2.75, 3.05) is 5.32 Å². The summed E-state index contributed by atoms with van der Waals surface area (Å²) in [5.41, 5.74) is 9.62. The molecule has 0 aliphatic carbocycles. The summed E-state index contributed by atoms with van der Waals surface area (Å²) in [5, 5.41) is 2.91. The van der Waals surface area contributed by atoms with Gasteiger partial charge in [-0.3, -0.25) is 4.79 Å². The summed E-state index contributed by atoms with van der Waals surface area (Å²) in [5.74, 6) is -0.450. The van der Waals surface area contributed by atoms with Crippen LogP contribution in [0.15, 0.2) is 36.4 Å². The van der Waals surface area contributed by atoms with Crippen LogP contribution in [0.5, 0.6) is 0 Å². The number of anilines is 1. The van der Waals surface area contributed by atoms with Crippen molar-refractivity contribution in [1.82, 2.24) is 0 Å². The number of nitrogens with one attached hydrogen (secondary N) is 1. The number of rotatable bonds is 2. The van der Waals surface area contributed by atoms with Crippen LogP contribution in [0.3, 0.4) is 0 Å². The molecule has 1 heterocycles. The van der Waals surface area contributed by atoms with Gasteiger partial charge < -0.3 is 11.1 Å². The van der Waals surface area contributed by atoms with Crippen LogP contribution in [0, 0.1) is 5.82 Å². The number of carbonyl (C=O) groups is 1. The maximum absolute atomic E-state index is 13.5. The number of benzene rings is 2. The molecule has 1 aliphatic rings. The van der Waals surface area contributed by atoms with Crippen LogP contribution in [0.2, 0.25) is 5.02 Å². The largest absolute Gasteiger partial charge is 0.326 e. The molecule has 0 bridgehead atoms. The molecule has 1 aliphatic heterocycles. The molecule has 3 nitrogen and oxygen atoms in total. The number of carbonyl (C=O) groups excluding carboxylic acids is 1. The van der Waals surface area contributed by atoms with Gasteiger partial charge in [0.25, 0.3) is 0 Å². The predicted octanol–water partition coefficient (Wildman–Crippen LogP) is 3.41. The molecule has 5 heteroatoms. The standard InChI is InChI=1S/C16H14ClFN2O/c17-12-4-1-11(8-13(12)18)16(19)10-2-5-14-9(7-10)3-6-15(21)20-14/h1-2,4-5,7-8,16H,3,6,19H2,(H,20,21). The van der Waals surface area contributed by atoms with E-state index >= 15 is 0 Å². The zero-order valence-corrected chi connectivity index (χ0v) is 12.0. The Kier molecular flexibility index (Phi) is 3.66. The fourth-order valence-corrected chi connectivity index (χ4v) is 2.61. The van der Waals surface area contributed by atoms with Gasteiger partial charge in [-0.25, -0.2) is 4.39 Å². The Balaban J connectivity index is 1.93. The molecule has 0 saturated heterocycles. The maximum Gasteiger partial charge on any atom is 0.224 e. The van der Waals surface area contributed by atoms with E-state index in [0.29, 0.717) is 18.4 Å². The van der Waals surface area contributed by atoms with Gasteiger partial charge in [-0.2, -0.15) is 0 Å². The molecule has 21 heavy (non-hydrogen) atoms. The van der Waals surface area contributed by atoms with E-state index in [0.717, 1.165) is 16.8 Å². The van der Waals surface area contributed by atoms with Crippen LogP contribution in [-0.4, -0.2) is 5.91 Å². The highest BCUT2D eigenvalue weighted by Crippen LogP contribution is 2.29. The minimum absolute atomic E-state index is 0.0271. The number of hydrogen-bond acceptors (Lipinski definition) is 2. The minimum atomic E-state index is -0.477. The van der Waals surface area contributed by atoms with Crippen molar-refractivity contribution in [3.8, 4) is 0 Å². The number of aryl methyl sites for hydroxylation is 1. The lowest BCUT2D eigenvalue weighted by molar-refractivity contribution is -0.116. The molecular formula is C16H14ClFN2O. The minimum Gasteiger partial charge on any atom is -0.326 e. The van der Waals surface area contributed by atoms with Gasteiger partial charge in [-0.15, -0.1) is 0 Å². The van der Waals surface area contributed by atoms with Crippen LogP contribution in [0.1, 0.15) is 29.2 Å². The second-order valence-electron chi connectivity index (χ2n) is 5.12. The molecular weight excluding hydrogens is 291 g/mol. The molecule has 0 saturated carbocycles. The Bertz CT molecular complexity index is 717. The van der Waals surface area contributed by atoms with E-state index in [1.165, 1.54) is 12.1 Å². The van der Waals surface area contributed by atoms with Gasteiger partial charge in [-0.05, 0) is 41.3 Å². The van der Waals surface area contributed by atoms with Gasteiger partial charge in [-0.1, -0.05) is 29.8 Å². The SMILES string of the molecule is NC(c1ccc(Cl)c(F)c1)c1ccc2c(c1)CCC(=O)N2. The van der Waals surface area contributed by atoms with Crippen molar-refractivity contribution >= 4 is 23.2 Å². The Hall–Kier alpha value is -1.91. The van der Waals surface area contributed by atoms with Crippen molar-refractivity contribution in [3.05, 3.63) is 63.9 Å². The summed E-state index contributed by atoms with van der Waals surface area (Å²) in [6.45, 7) is 0. The van der Waals surface area contributed by atoms with E-state index in [4.69, 9.17) is 17.3 Å². The topological polar surface area (TPSA) is 55.1 Å². The summed E-state index contributed by atoms with van der Waals surface area (Å²) < 4.78 is 13.5. The van der Waals surface area contributed by atoms with Crippen LogP contribution >= 0.6 is 11.6 Å². The average Bonchev–Trinajstić information content (AvgIpc) is 2.49. The fraction of sp³-hybridized carbons (Fsp3) is 0.188. The Morgan fingerprint density at radius 3 is 2.62 bits per heavy atom. The van der Waals surface area contributed by atoms with E-state index in [9.17, 15) is 9.18 Å². The average molecular weight is 305 g/mol. The molecule has 2 aromatic carbocycles. The highest BCUT2D eigenvalue weighted by molar-refractivity contribution is 6.30. The number of amides is 1. The van der Waals surface area contributed by atoms with Crippen molar-refractivity contribution in [2.45, 2.75) is 18.9 Å². The van der Waals surface area contributed by atoms with Gasteiger partial charge >= 0.3 is 0 Å². The molecule has 1 amide bonds. The lowest BCUT2D eigenvalue weighted by atomic mass is 9.94. The zero-order chi connectivity index (χ0) is 15.0. The first kappa shape index (κ1) is 14.0. The quantitative estimate of drug-likeness (QED) is 0.893. The van der Waals surface area contributed by atoms with Crippen molar-refractivity contribution < 1.29 is 9.18 Å². The molecule has 0 spiro atoms. The molecule has 108 valence electrons. The summed E-state index contributed by atoms with van der Waals surface area (Å²) in [4.78, 5) is 11.3. The molecule has 0 radical (unpaired) electrons. The Labute approximate surface area is 126 Å². The third-order valence-corrected chi connectivity index (χ3v) is 3.99. The number of halogens is 2. The van der Waals surface area contributed by atoms with Crippen molar-refractivity contribution in [2.24, 2.45) is 5.73 Å².